The first-order valence-electron chi connectivity index (χ1n) is 6.66. The van der Waals surface area contributed by atoms with Crippen LogP contribution in [-0.4, -0.2) is 55.6 Å². The summed E-state index contributed by atoms with van der Waals surface area (Å²) in [5.41, 5.74) is -0.603. The molecular weight excluding hydrogens is 248 g/mol. The monoisotopic (exact) mass is 278 g/mol. The van der Waals surface area contributed by atoms with Gasteiger partial charge in [-0.05, 0) is 40.3 Å². The third-order valence-electron chi connectivity index (χ3n) is 5.05. The summed E-state index contributed by atoms with van der Waals surface area (Å²) in [6.07, 6.45) is 2.97. The van der Waals surface area contributed by atoms with Crippen molar-refractivity contribution in [3.63, 3.8) is 0 Å². The van der Waals surface area contributed by atoms with Crippen molar-refractivity contribution in [2.24, 2.45) is 0 Å². The van der Waals surface area contributed by atoms with Crippen molar-refractivity contribution in [1.29, 1.82) is 0 Å². The van der Waals surface area contributed by atoms with Crippen molar-refractivity contribution in [2.45, 2.75) is 58.5 Å². The predicted octanol–water partition coefficient (Wildman–Crippen LogP) is 2.17. The average molecular weight is 278 g/mol. The van der Waals surface area contributed by atoms with Crippen LogP contribution in [0.4, 0.5) is 0 Å². The lowest BCUT2D eigenvalue weighted by Gasteiger charge is -2.54. The van der Waals surface area contributed by atoms with Gasteiger partial charge in [-0.3, -0.25) is 4.90 Å². The van der Waals surface area contributed by atoms with Crippen LogP contribution in [0.1, 0.15) is 47.5 Å². The third kappa shape index (κ3) is 2.89. The van der Waals surface area contributed by atoms with E-state index in [1.807, 2.05) is 6.92 Å². The molecule has 0 fully saturated rings. The fourth-order valence-corrected chi connectivity index (χ4v) is 3.78. The van der Waals surface area contributed by atoms with E-state index in [0.29, 0.717) is 0 Å². The van der Waals surface area contributed by atoms with Gasteiger partial charge < -0.3 is 0 Å². The van der Waals surface area contributed by atoms with Crippen LogP contribution in [-0.2, 0) is 10.0 Å². The van der Waals surface area contributed by atoms with Crippen molar-refractivity contribution in [2.75, 3.05) is 26.9 Å². The normalized spacial score (nSPS) is 19.9. The highest BCUT2D eigenvalue weighted by Gasteiger charge is 2.49. The van der Waals surface area contributed by atoms with Crippen molar-refractivity contribution in [3.8, 4) is 0 Å². The summed E-state index contributed by atoms with van der Waals surface area (Å²) in [4.78, 5) is 2.25. The van der Waals surface area contributed by atoms with Gasteiger partial charge in [0.15, 0.2) is 0 Å². The number of rotatable bonds is 7. The maximum Gasteiger partial charge on any atom is 0.211 e. The summed E-state index contributed by atoms with van der Waals surface area (Å²) >= 11 is 0. The van der Waals surface area contributed by atoms with Crippen LogP contribution < -0.4 is 0 Å². The molecule has 0 aromatic rings. The highest BCUT2D eigenvalue weighted by atomic mass is 32.2. The fraction of sp³-hybridized carbons (Fsp3) is 1.00. The minimum absolute atomic E-state index is 0.186. The summed E-state index contributed by atoms with van der Waals surface area (Å²) < 4.78 is 25.4. The van der Waals surface area contributed by atoms with Crippen molar-refractivity contribution >= 4 is 10.0 Å². The van der Waals surface area contributed by atoms with Gasteiger partial charge >= 0.3 is 0 Å². The van der Waals surface area contributed by atoms with E-state index in [0.717, 1.165) is 19.4 Å². The van der Waals surface area contributed by atoms with Crippen molar-refractivity contribution in [3.05, 3.63) is 0 Å². The van der Waals surface area contributed by atoms with Gasteiger partial charge in [0.25, 0.3) is 0 Å². The second-order valence-electron chi connectivity index (χ2n) is 5.50. The van der Waals surface area contributed by atoms with Crippen LogP contribution in [0.3, 0.4) is 0 Å². The van der Waals surface area contributed by atoms with Crippen LogP contribution in [0.15, 0.2) is 0 Å². The molecule has 0 amide bonds. The molecule has 18 heavy (non-hydrogen) atoms. The zero-order valence-corrected chi connectivity index (χ0v) is 14.1. The fourth-order valence-electron chi connectivity index (χ4n) is 2.72. The summed E-state index contributed by atoms with van der Waals surface area (Å²) in [5.74, 6) is 0. The molecule has 2 unspecified atom stereocenters. The Balaban J connectivity index is 5.77. The summed E-state index contributed by atoms with van der Waals surface area (Å²) in [7, 11) is 0.553. The van der Waals surface area contributed by atoms with E-state index in [-0.39, 0.29) is 5.54 Å². The van der Waals surface area contributed by atoms with E-state index < -0.39 is 15.6 Å². The molecule has 2 atom stereocenters. The van der Waals surface area contributed by atoms with Crippen LogP contribution in [0.5, 0.6) is 0 Å². The lowest BCUT2D eigenvalue weighted by atomic mass is 9.74. The topological polar surface area (TPSA) is 40.6 Å². The molecule has 0 aromatic heterocycles. The Bertz CT molecular complexity index is 369. The van der Waals surface area contributed by atoms with Crippen LogP contribution >= 0.6 is 0 Å². The molecule has 0 spiro atoms. The number of sulfonamides is 1. The molecule has 0 aliphatic carbocycles. The molecule has 0 heterocycles. The van der Waals surface area contributed by atoms with Crippen molar-refractivity contribution < 1.29 is 8.42 Å². The second-order valence-corrected chi connectivity index (χ2v) is 7.51. The average Bonchev–Trinajstić information content (AvgIpc) is 2.33. The maximum absolute atomic E-state index is 11.9. The third-order valence-corrected chi connectivity index (χ3v) is 6.44. The second kappa shape index (κ2) is 5.88. The number of nitrogens with zero attached hydrogens (tertiary/aromatic N) is 2. The Morgan fingerprint density at radius 1 is 0.944 bits per heavy atom. The standard InChI is InChI=1S/C13H30N2O2S/c1-9-12(4,14(6)11-3)13(5,10-2)15(7)18(8,16)17/h9-11H2,1-8H3. The maximum atomic E-state index is 11.9. The van der Waals surface area contributed by atoms with Gasteiger partial charge in [0, 0.05) is 12.6 Å². The SMILES string of the molecule is CCN(C)C(C)(CC)C(C)(CC)N(C)S(C)(=O)=O. The van der Waals surface area contributed by atoms with E-state index >= 15 is 0 Å². The molecule has 0 bridgehead atoms. The molecule has 4 nitrogen and oxygen atoms in total. The first-order valence-corrected chi connectivity index (χ1v) is 8.51. The van der Waals surface area contributed by atoms with Crippen LogP contribution in [0.25, 0.3) is 0 Å². The van der Waals surface area contributed by atoms with Crippen LogP contribution in [0, 0.1) is 0 Å². The molecule has 0 rings (SSSR count). The lowest BCUT2D eigenvalue weighted by Crippen LogP contribution is -2.67. The Labute approximate surface area is 113 Å². The predicted molar refractivity (Wildman–Crippen MR) is 78.3 cm³/mol. The van der Waals surface area contributed by atoms with Gasteiger partial charge in [-0.2, -0.15) is 4.31 Å². The van der Waals surface area contributed by atoms with E-state index in [2.05, 4.69) is 39.6 Å². The summed E-state index contributed by atoms with van der Waals surface area (Å²) in [6, 6.07) is 0. The highest BCUT2D eigenvalue weighted by molar-refractivity contribution is 7.88. The Hall–Kier alpha value is -0.130. The molecule has 0 aliphatic rings. The van der Waals surface area contributed by atoms with Gasteiger partial charge in [0.05, 0.1) is 11.8 Å². The van der Waals surface area contributed by atoms with Gasteiger partial charge in [0.2, 0.25) is 10.0 Å². The molecule has 0 N–H and O–H groups in total. The van der Waals surface area contributed by atoms with Gasteiger partial charge in [-0.15, -0.1) is 0 Å². The molecule has 0 radical (unpaired) electrons. The zero-order chi connectivity index (χ0) is 14.8. The van der Waals surface area contributed by atoms with E-state index in [1.165, 1.54) is 10.6 Å². The molecule has 0 saturated carbocycles. The molecule has 0 aliphatic heterocycles. The van der Waals surface area contributed by atoms with E-state index in [9.17, 15) is 8.42 Å². The molecule has 0 aromatic carbocycles. The number of hydrogen-bond acceptors (Lipinski definition) is 3. The molecule has 110 valence electrons. The van der Waals surface area contributed by atoms with E-state index in [4.69, 9.17) is 0 Å². The summed E-state index contributed by atoms with van der Waals surface area (Å²) in [6.45, 7) is 11.4. The van der Waals surface area contributed by atoms with Gasteiger partial charge in [-0.25, -0.2) is 8.42 Å². The zero-order valence-electron chi connectivity index (χ0n) is 13.2. The summed E-state index contributed by atoms with van der Waals surface area (Å²) in [5, 5.41) is 0. The Morgan fingerprint density at radius 2 is 1.33 bits per heavy atom. The quantitative estimate of drug-likeness (QED) is 0.716. The molecule has 0 saturated heterocycles. The van der Waals surface area contributed by atoms with Crippen molar-refractivity contribution in [1.82, 2.24) is 9.21 Å². The van der Waals surface area contributed by atoms with Gasteiger partial charge in [-0.1, -0.05) is 20.8 Å². The number of hydrogen-bond donors (Lipinski definition) is 0. The van der Waals surface area contributed by atoms with E-state index in [1.54, 1.807) is 7.05 Å². The Morgan fingerprint density at radius 3 is 1.56 bits per heavy atom. The van der Waals surface area contributed by atoms with Crippen LogP contribution in [0.2, 0.25) is 0 Å². The smallest absolute Gasteiger partial charge is 0.211 e. The molecule has 5 heteroatoms. The lowest BCUT2D eigenvalue weighted by molar-refractivity contribution is -0.00200. The highest BCUT2D eigenvalue weighted by Crippen LogP contribution is 2.38. The molecular formula is C13H30N2O2S. The van der Waals surface area contributed by atoms with Gasteiger partial charge in [0.1, 0.15) is 0 Å². The largest absolute Gasteiger partial charge is 0.299 e. The minimum atomic E-state index is -3.20. The first-order chi connectivity index (χ1) is 8.01. The number of likely N-dealkylation sites (N-methyl/N-ethyl adjacent to an activating group) is 2. The first kappa shape index (κ1) is 17.9. The minimum Gasteiger partial charge on any atom is -0.299 e. The Kier molecular flexibility index (Phi) is 5.84.